The zero-order valence-electron chi connectivity index (χ0n) is 30.9. The average Bonchev–Trinajstić information content (AvgIpc) is 4.02. The Hall–Kier alpha value is -4.34. The number of benzene rings is 4. The molecule has 0 saturated carbocycles. The SMILES string of the molecule is CNCCc1cn([C@]23CCN(C)[C@H]2Nc2c(N4c5ccccc5[C@@]5([C@]67CCN(C)[C@H]6Nc6ccccc67)CCN(C)[C@@H]45)cccc23)c2ccccc12. The third kappa shape index (κ3) is 3.57. The summed E-state index contributed by atoms with van der Waals surface area (Å²) < 4.78 is 2.66. The van der Waals surface area contributed by atoms with E-state index >= 15 is 0 Å². The lowest BCUT2D eigenvalue weighted by Gasteiger charge is -2.49. The molecular weight excluding hydrogens is 641 g/mol. The molecule has 6 atom stereocenters. The van der Waals surface area contributed by atoms with Gasteiger partial charge in [0.1, 0.15) is 11.7 Å². The summed E-state index contributed by atoms with van der Waals surface area (Å²) in [4.78, 5) is 10.6. The molecule has 1 aromatic heterocycles. The van der Waals surface area contributed by atoms with Crippen LogP contribution in [0.1, 0.15) is 41.5 Å². The fourth-order valence-electron chi connectivity index (χ4n) is 12.5. The summed E-state index contributed by atoms with van der Waals surface area (Å²) in [5, 5.41) is 13.1. The summed E-state index contributed by atoms with van der Waals surface area (Å²) in [5.41, 5.74) is 12.1. The number of likely N-dealkylation sites (N-methyl/N-ethyl adjacent to an activating group) is 4. The first-order valence-electron chi connectivity index (χ1n) is 19.5. The van der Waals surface area contributed by atoms with Crippen molar-refractivity contribution in [1.82, 2.24) is 24.6 Å². The zero-order chi connectivity index (χ0) is 35.0. The molecule has 8 heteroatoms. The van der Waals surface area contributed by atoms with Crippen molar-refractivity contribution in [3.05, 3.63) is 119 Å². The first-order chi connectivity index (χ1) is 25.5. The van der Waals surface area contributed by atoms with Crippen LogP contribution in [0.25, 0.3) is 10.9 Å². The van der Waals surface area contributed by atoms with Gasteiger partial charge in [-0.2, -0.15) is 0 Å². The summed E-state index contributed by atoms with van der Waals surface area (Å²) in [5.74, 6) is 0. The van der Waals surface area contributed by atoms with Crippen molar-refractivity contribution >= 4 is 33.7 Å². The molecule has 0 amide bonds. The van der Waals surface area contributed by atoms with Crippen molar-refractivity contribution < 1.29 is 0 Å². The Labute approximate surface area is 307 Å². The van der Waals surface area contributed by atoms with Gasteiger partial charge in [-0.05, 0) is 101 Å². The van der Waals surface area contributed by atoms with Gasteiger partial charge in [-0.15, -0.1) is 0 Å². The van der Waals surface area contributed by atoms with Crippen LogP contribution in [0.2, 0.25) is 0 Å². The van der Waals surface area contributed by atoms with Gasteiger partial charge in [0.25, 0.3) is 0 Å². The van der Waals surface area contributed by atoms with Gasteiger partial charge in [-0.25, -0.2) is 0 Å². The maximum absolute atomic E-state index is 4.24. The van der Waals surface area contributed by atoms with Crippen LogP contribution >= 0.6 is 0 Å². The number of fused-ring (bicyclic) bond motifs is 11. The van der Waals surface area contributed by atoms with Crippen molar-refractivity contribution in [3.8, 4) is 0 Å². The minimum absolute atomic E-state index is 0.0598. The van der Waals surface area contributed by atoms with Crippen LogP contribution in [0.3, 0.4) is 0 Å². The monoisotopic (exact) mass is 690 g/mol. The fourth-order valence-corrected chi connectivity index (χ4v) is 12.5. The normalized spacial score (nSPS) is 31.7. The van der Waals surface area contributed by atoms with E-state index in [2.05, 4.69) is 166 Å². The first kappa shape index (κ1) is 31.2. The molecule has 266 valence electrons. The summed E-state index contributed by atoms with van der Waals surface area (Å²) in [6.45, 7) is 4.17. The molecule has 4 aromatic carbocycles. The molecule has 5 aromatic rings. The van der Waals surface area contributed by atoms with E-state index in [4.69, 9.17) is 0 Å². The quantitative estimate of drug-likeness (QED) is 0.193. The van der Waals surface area contributed by atoms with Crippen LogP contribution in [-0.2, 0) is 22.8 Å². The van der Waals surface area contributed by atoms with Crippen molar-refractivity contribution in [1.29, 1.82) is 0 Å². The van der Waals surface area contributed by atoms with Crippen molar-refractivity contribution in [2.24, 2.45) is 0 Å². The van der Waals surface area contributed by atoms with Crippen molar-refractivity contribution in [2.45, 2.75) is 60.5 Å². The number of hydrogen-bond acceptors (Lipinski definition) is 7. The Morgan fingerprint density at radius 3 is 2.25 bits per heavy atom. The summed E-state index contributed by atoms with van der Waals surface area (Å²) >= 11 is 0. The molecule has 3 N–H and O–H groups in total. The molecule has 8 nitrogen and oxygen atoms in total. The number of anilines is 4. The minimum Gasteiger partial charge on any atom is -0.369 e. The topological polar surface area (TPSA) is 54.0 Å². The zero-order valence-corrected chi connectivity index (χ0v) is 30.9. The van der Waals surface area contributed by atoms with Gasteiger partial charge in [0.15, 0.2) is 0 Å². The van der Waals surface area contributed by atoms with Crippen LogP contribution in [0.5, 0.6) is 0 Å². The van der Waals surface area contributed by atoms with E-state index < -0.39 is 0 Å². The van der Waals surface area contributed by atoms with Crippen molar-refractivity contribution in [3.63, 3.8) is 0 Å². The highest BCUT2D eigenvalue weighted by atomic mass is 15.4. The van der Waals surface area contributed by atoms with Crippen LogP contribution < -0.4 is 20.9 Å². The van der Waals surface area contributed by atoms with E-state index in [1.54, 1.807) is 0 Å². The van der Waals surface area contributed by atoms with Gasteiger partial charge in [-0.3, -0.25) is 14.7 Å². The molecule has 3 saturated heterocycles. The largest absolute Gasteiger partial charge is 0.369 e. The van der Waals surface area contributed by atoms with Gasteiger partial charge in [0.2, 0.25) is 0 Å². The minimum atomic E-state index is -0.220. The third-order valence-corrected chi connectivity index (χ3v) is 14.5. The number of para-hydroxylation sites is 4. The van der Waals surface area contributed by atoms with Gasteiger partial charge in [0.05, 0.1) is 23.7 Å². The summed E-state index contributed by atoms with van der Waals surface area (Å²) in [6.07, 6.45) is 7.41. The number of aromatic nitrogens is 1. The fraction of sp³-hybridized carbons (Fsp3) is 0.409. The number of likely N-dealkylation sites (tertiary alicyclic amines) is 3. The van der Waals surface area contributed by atoms with Crippen LogP contribution in [0, 0.1) is 0 Å². The van der Waals surface area contributed by atoms with E-state index in [-0.39, 0.29) is 34.9 Å². The predicted molar refractivity (Wildman–Crippen MR) is 212 cm³/mol. The smallest absolute Gasteiger partial charge is 0.108 e. The average molecular weight is 691 g/mol. The van der Waals surface area contributed by atoms with E-state index in [1.807, 2.05) is 0 Å². The molecule has 0 bridgehead atoms. The van der Waals surface area contributed by atoms with E-state index in [0.717, 1.165) is 51.9 Å². The van der Waals surface area contributed by atoms with Gasteiger partial charge < -0.3 is 25.4 Å². The lowest BCUT2D eigenvalue weighted by Crippen LogP contribution is -2.61. The van der Waals surface area contributed by atoms with Crippen LogP contribution in [0.4, 0.5) is 22.7 Å². The van der Waals surface area contributed by atoms with Gasteiger partial charge in [-0.1, -0.05) is 66.7 Å². The molecule has 52 heavy (non-hydrogen) atoms. The molecule has 0 spiro atoms. The standard InChI is InChI=1S/C44H50N8/c1-45-24-20-29-28-51(35-17-9-5-12-30(29)35)44-23-27-49(3)40(44)47-38-33(44)15-11-19-37(38)52-36-18-10-7-14-32(36)43(22-26-50(4)41(43)52)42-21-25-48(2)39(42)46-34-16-8-6-13-31(34)42/h5-19,28,39-41,45-47H,20-27H2,1-4H3/t39-,40-,41+,42+,43+,44+/m1/s1. The molecular formula is C44H50N8. The van der Waals surface area contributed by atoms with E-state index in [0.29, 0.717) is 0 Å². The Balaban J connectivity index is 1.13. The lowest BCUT2D eigenvalue weighted by molar-refractivity contribution is 0.138. The maximum atomic E-state index is 4.24. The molecule has 11 rings (SSSR count). The van der Waals surface area contributed by atoms with Crippen LogP contribution in [-0.4, -0.2) is 92.1 Å². The second kappa shape index (κ2) is 10.9. The van der Waals surface area contributed by atoms with Crippen LogP contribution in [0.15, 0.2) is 97.2 Å². The van der Waals surface area contributed by atoms with E-state index in [1.165, 1.54) is 55.9 Å². The highest BCUT2D eigenvalue weighted by Crippen LogP contribution is 2.69. The Morgan fingerprint density at radius 2 is 1.37 bits per heavy atom. The summed E-state index contributed by atoms with van der Waals surface area (Å²) in [6, 6.07) is 34.9. The molecule has 6 aliphatic rings. The number of nitrogens with zero attached hydrogens (tertiary/aromatic N) is 5. The number of nitrogens with one attached hydrogen (secondary N) is 3. The van der Waals surface area contributed by atoms with Gasteiger partial charge >= 0.3 is 0 Å². The number of hydrogen-bond donors (Lipinski definition) is 3. The summed E-state index contributed by atoms with van der Waals surface area (Å²) in [7, 11) is 9.06. The first-order valence-corrected chi connectivity index (χ1v) is 19.5. The number of rotatable bonds is 6. The molecule has 0 unspecified atom stereocenters. The highest BCUT2D eigenvalue weighted by molar-refractivity contribution is 5.90. The molecule has 7 heterocycles. The van der Waals surface area contributed by atoms with Crippen molar-refractivity contribution in [2.75, 3.05) is 69.9 Å². The Kier molecular flexibility index (Phi) is 6.52. The van der Waals surface area contributed by atoms with Gasteiger partial charge in [0, 0.05) is 64.5 Å². The second-order valence-corrected chi connectivity index (χ2v) is 16.6. The Morgan fingerprint density at radius 1 is 0.673 bits per heavy atom. The predicted octanol–water partition coefficient (Wildman–Crippen LogP) is 6.31. The maximum Gasteiger partial charge on any atom is 0.108 e. The lowest BCUT2D eigenvalue weighted by atomic mass is 9.55. The second-order valence-electron chi connectivity index (χ2n) is 16.6. The molecule has 3 fully saturated rings. The molecule has 6 aliphatic heterocycles. The van der Waals surface area contributed by atoms with E-state index in [9.17, 15) is 0 Å². The molecule has 0 radical (unpaired) electrons. The highest BCUT2D eigenvalue weighted by Gasteiger charge is 2.73. The third-order valence-electron chi connectivity index (χ3n) is 14.5. The molecule has 0 aliphatic carbocycles. The Bertz CT molecular complexity index is 2240.